The van der Waals surface area contributed by atoms with Gasteiger partial charge in [-0.3, -0.25) is 9.59 Å². The molecule has 0 saturated carbocycles. The Bertz CT molecular complexity index is 680. The number of benzene rings is 2. The minimum Gasteiger partial charge on any atom is -0.356 e. The number of Topliss-reactive ketones (excluding diaryl/α,β-unsaturated/α-hetero) is 1. The van der Waals surface area contributed by atoms with E-state index in [1.807, 2.05) is 19.1 Å². The normalized spacial score (nSPS) is 10.3. The molecular weight excluding hydrogens is 293 g/mol. The van der Waals surface area contributed by atoms with Crippen LogP contribution < -0.4 is 5.32 Å². The molecule has 0 radical (unpaired) electrons. The summed E-state index contributed by atoms with van der Waals surface area (Å²) >= 11 is 0. The molecule has 0 saturated heterocycles. The number of hydrogen-bond donors (Lipinski definition) is 1. The molecule has 23 heavy (non-hydrogen) atoms. The van der Waals surface area contributed by atoms with Crippen LogP contribution in [-0.2, 0) is 11.2 Å². The smallest absolute Gasteiger partial charge is 0.220 e. The topological polar surface area (TPSA) is 46.2 Å². The average Bonchev–Trinajstić information content (AvgIpc) is 2.55. The molecule has 1 N–H and O–H groups in total. The molecule has 0 spiro atoms. The summed E-state index contributed by atoms with van der Waals surface area (Å²) < 4.78 is 13.4. The lowest BCUT2D eigenvalue weighted by atomic mass is 10.0. The molecule has 0 aliphatic carbocycles. The van der Waals surface area contributed by atoms with Crippen LogP contribution in [0, 0.1) is 12.7 Å². The molecule has 0 aliphatic heterocycles. The monoisotopic (exact) mass is 313 g/mol. The van der Waals surface area contributed by atoms with E-state index in [1.54, 1.807) is 30.3 Å². The maximum Gasteiger partial charge on any atom is 0.220 e. The first-order chi connectivity index (χ1) is 11.1. The van der Waals surface area contributed by atoms with E-state index in [0.717, 1.165) is 5.56 Å². The second-order valence-electron chi connectivity index (χ2n) is 5.48. The molecular formula is C19H20FNO2. The highest BCUT2D eigenvalue weighted by atomic mass is 19.1. The number of amides is 1. The van der Waals surface area contributed by atoms with Crippen LogP contribution >= 0.6 is 0 Å². The lowest BCUT2D eigenvalue weighted by molar-refractivity contribution is -0.121. The minimum absolute atomic E-state index is 0.0470. The zero-order chi connectivity index (χ0) is 16.7. The number of carbonyl (C=O) groups is 2. The fourth-order valence-corrected chi connectivity index (χ4v) is 2.24. The Morgan fingerprint density at radius 2 is 1.70 bits per heavy atom. The number of hydrogen-bond acceptors (Lipinski definition) is 2. The summed E-state index contributed by atoms with van der Waals surface area (Å²) in [6, 6.07) is 13.8. The molecule has 2 aromatic rings. The number of nitrogens with one attached hydrogen (secondary N) is 1. The number of halogens is 1. The van der Waals surface area contributed by atoms with Gasteiger partial charge in [0, 0.05) is 24.9 Å². The zero-order valence-corrected chi connectivity index (χ0v) is 13.1. The minimum atomic E-state index is -0.267. The molecule has 2 rings (SSSR count). The van der Waals surface area contributed by atoms with Gasteiger partial charge in [-0.2, -0.15) is 0 Å². The molecule has 3 nitrogen and oxygen atoms in total. The standard InChI is InChI=1S/C19H20FNO2/c1-14-6-8-16(9-7-14)18(22)10-11-19(23)21-13-12-15-4-2-3-5-17(15)20/h2-9H,10-13H2,1H3,(H,21,23). The third kappa shape index (κ3) is 5.33. The van der Waals surface area contributed by atoms with Gasteiger partial charge in [-0.05, 0) is 25.0 Å². The summed E-state index contributed by atoms with van der Waals surface area (Å²) in [6.45, 7) is 2.32. The van der Waals surface area contributed by atoms with Crippen LogP contribution in [0.25, 0.3) is 0 Å². The van der Waals surface area contributed by atoms with Crippen LogP contribution in [0.1, 0.15) is 34.3 Å². The quantitative estimate of drug-likeness (QED) is 0.796. The van der Waals surface area contributed by atoms with Crippen molar-refractivity contribution < 1.29 is 14.0 Å². The Balaban J connectivity index is 1.72. The lowest BCUT2D eigenvalue weighted by Gasteiger charge is -2.06. The Hall–Kier alpha value is -2.49. The molecule has 0 fully saturated rings. The fourth-order valence-electron chi connectivity index (χ4n) is 2.24. The molecule has 2 aromatic carbocycles. The maximum absolute atomic E-state index is 13.4. The summed E-state index contributed by atoms with van der Waals surface area (Å²) in [5.74, 6) is -0.507. The first-order valence-electron chi connectivity index (χ1n) is 7.66. The second kappa shape index (κ2) is 8.22. The third-order valence-electron chi connectivity index (χ3n) is 3.63. The van der Waals surface area contributed by atoms with Gasteiger partial charge in [0.05, 0.1) is 0 Å². The fraction of sp³-hybridized carbons (Fsp3) is 0.263. The molecule has 0 aromatic heterocycles. The summed E-state index contributed by atoms with van der Waals surface area (Å²) in [5.41, 5.74) is 2.28. The van der Waals surface area contributed by atoms with E-state index < -0.39 is 0 Å². The summed E-state index contributed by atoms with van der Waals surface area (Å²) in [4.78, 5) is 23.7. The Labute approximate surface area is 135 Å². The Morgan fingerprint density at radius 1 is 1.00 bits per heavy atom. The SMILES string of the molecule is Cc1ccc(C(=O)CCC(=O)NCCc2ccccc2F)cc1. The van der Waals surface area contributed by atoms with E-state index in [2.05, 4.69) is 5.32 Å². The number of rotatable bonds is 7. The van der Waals surface area contributed by atoms with Crippen LogP contribution in [0.15, 0.2) is 48.5 Å². The molecule has 0 aliphatic rings. The molecule has 0 atom stereocenters. The molecule has 0 heterocycles. The molecule has 1 amide bonds. The first-order valence-corrected chi connectivity index (χ1v) is 7.66. The van der Waals surface area contributed by atoms with Gasteiger partial charge in [-0.25, -0.2) is 4.39 Å². The summed E-state index contributed by atoms with van der Waals surface area (Å²) in [5, 5.41) is 2.72. The predicted octanol–water partition coefficient (Wildman–Crippen LogP) is 3.46. The first kappa shape index (κ1) is 16.9. The average molecular weight is 313 g/mol. The summed E-state index contributed by atoms with van der Waals surface area (Å²) in [7, 11) is 0. The van der Waals surface area contributed by atoms with Gasteiger partial charge in [-0.15, -0.1) is 0 Å². The van der Waals surface area contributed by atoms with Crippen LogP contribution in [0.2, 0.25) is 0 Å². The second-order valence-corrected chi connectivity index (χ2v) is 5.48. The van der Waals surface area contributed by atoms with Crippen molar-refractivity contribution in [2.75, 3.05) is 6.54 Å². The van der Waals surface area contributed by atoms with Gasteiger partial charge in [0.25, 0.3) is 0 Å². The van der Waals surface area contributed by atoms with Gasteiger partial charge in [-0.1, -0.05) is 48.0 Å². The molecule has 0 unspecified atom stereocenters. The van der Waals surface area contributed by atoms with Crippen molar-refractivity contribution in [3.63, 3.8) is 0 Å². The number of ketones is 1. The highest BCUT2D eigenvalue weighted by molar-refractivity contribution is 5.97. The number of carbonyl (C=O) groups excluding carboxylic acids is 2. The van der Waals surface area contributed by atoms with E-state index >= 15 is 0 Å². The van der Waals surface area contributed by atoms with E-state index in [0.29, 0.717) is 24.1 Å². The molecule has 0 bridgehead atoms. The van der Waals surface area contributed by atoms with Crippen LogP contribution in [-0.4, -0.2) is 18.2 Å². The van der Waals surface area contributed by atoms with E-state index in [-0.39, 0.29) is 30.3 Å². The van der Waals surface area contributed by atoms with Crippen molar-refractivity contribution in [1.29, 1.82) is 0 Å². The van der Waals surface area contributed by atoms with Gasteiger partial charge < -0.3 is 5.32 Å². The largest absolute Gasteiger partial charge is 0.356 e. The molecule has 4 heteroatoms. The van der Waals surface area contributed by atoms with Gasteiger partial charge in [0.2, 0.25) is 5.91 Å². The third-order valence-corrected chi connectivity index (χ3v) is 3.63. The predicted molar refractivity (Wildman–Crippen MR) is 87.9 cm³/mol. The van der Waals surface area contributed by atoms with Crippen molar-refractivity contribution in [2.24, 2.45) is 0 Å². The van der Waals surface area contributed by atoms with Crippen LogP contribution in [0.5, 0.6) is 0 Å². The highest BCUT2D eigenvalue weighted by Gasteiger charge is 2.09. The van der Waals surface area contributed by atoms with Gasteiger partial charge in [0.1, 0.15) is 5.82 Å². The Morgan fingerprint density at radius 3 is 2.39 bits per heavy atom. The van der Waals surface area contributed by atoms with Gasteiger partial charge >= 0.3 is 0 Å². The van der Waals surface area contributed by atoms with E-state index in [4.69, 9.17) is 0 Å². The van der Waals surface area contributed by atoms with E-state index in [1.165, 1.54) is 6.07 Å². The van der Waals surface area contributed by atoms with Gasteiger partial charge in [0.15, 0.2) is 5.78 Å². The lowest BCUT2D eigenvalue weighted by Crippen LogP contribution is -2.26. The molecule has 120 valence electrons. The van der Waals surface area contributed by atoms with Crippen molar-refractivity contribution in [3.05, 3.63) is 71.0 Å². The zero-order valence-electron chi connectivity index (χ0n) is 13.1. The highest BCUT2D eigenvalue weighted by Crippen LogP contribution is 2.08. The summed E-state index contributed by atoms with van der Waals surface area (Å²) in [6.07, 6.45) is 0.753. The van der Waals surface area contributed by atoms with Crippen molar-refractivity contribution in [3.8, 4) is 0 Å². The van der Waals surface area contributed by atoms with E-state index in [9.17, 15) is 14.0 Å². The van der Waals surface area contributed by atoms with Crippen molar-refractivity contribution in [1.82, 2.24) is 5.32 Å². The van der Waals surface area contributed by atoms with Crippen molar-refractivity contribution >= 4 is 11.7 Å². The van der Waals surface area contributed by atoms with Crippen LogP contribution in [0.3, 0.4) is 0 Å². The van der Waals surface area contributed by atoms with Crippen LogP contribution in [0.4, 0.5) is 4.39 Å². The maximum atomic E-state index is 13.4. The Kier molecular flexibility index (Phi) is 6.03. The van der Waals surface area contributed by atoms with Crippen molar-refractivity contribution in [2.45, 2.75) is 26.2 Å². The number of aryl methyl sites for hydroxylation is 1.